The Labute approximate surface area is 167 Å². The van der Waals surface area contributed by atoms with Crippen molar-refractivity contribution >= 4 is 34.2 Å². The maximum Gasteiger partial charge on any atom is 0.343 e. The number of carbonyl (C=O) groups excluding carboxylic acids is 1. The fourth-order valence-electron chi connectivity index (χ4n) is 2.68. The maximum absolute atomic E-state index is 12.4. The fourth-order valence-corrected chi connectivity index (χ4v) is 2.87. The highest BCUT2D eigenvalue weighted by atomic mass is 35.5. The summed E-state index contributed by atoms with van der Waals surface area (Å²) in [5, 5.41) is 11.1. The number of rotatable bonds is 4. The lowest BCUT2D eigenvalue weighted by Crippen LogP contribution is -2.09. The summed E-state index contributed by atoms with van der Waals surface area (Å²) in [6.07, 6.45) is 1.46. The number of halogens is 1. The molecule has 0 saturated heterocycles. The molecule has 0 atom stereocenters. The van der Waals surface area contributed by atoms with E-state index in [1.54, 1.807) is 12.1 Å². The predicted octanol–water partition coefficient (Wildman–Crippen LogP) is 4.83. The van der Waals surface area contributed by atoms with Crippen LogP contribution in [0.2, 0.25) is 5.02 Å². The number of esters is 1. The lowest BCUT2D eigenvalue weighted by atomic mass is 10.2. The van der Waals surface area contributed by atoms with Crippen molar-refractivity contribution in [3.8, 4) is 17.3 Å². The van der Waals surface area contributed by atoms with Crippen molar-refractivity contribution < 1.29 is 23.3 Å². The van der Waals surface area contributed by atoms with Gasteiger partial charge in [0.05, 0.1) is 22.1 Å². The Morgan fingerprint density at radius 2 is 1.90 bits per heavy atom. The van der Waals surface area contributed by atoms with Gasteiger partial charge in [0.1, 0.15) is 16.4 Å². The summed E-state index contributed by atoms with van der Waals surface area (Å²) in [5.41, 5.74) is -0.532. The zero-order valence-electron chi connectivity index (χ0n) is 14.5. The quantitative estimate of drug-likeness (QED) is 0.204. The first-order valence-electron chi connectivity index (χ1n) is 8.20. The molecule has 2 heterocycles. The van der Waals surface area contributed by atoms with Crippen LogP contribution in [-0.4, -0.2) is 10.9 Å². The van der Waals surface area contributed by atoms with Crippen molar-refractivity contribution in [1.82, 2.24) is 0 Å². The molecule has 0 aliphatic carbocycles. The lowest BCUT2D eigenvalue weighted by molar-refractivity contribution is -0.384. The zero-order valence-corrected chi connectivity index (χ0v) is 15.2. The van der Waals surface area contributed by atoms with Crippen LogP contribution in [-0.2, 0) is 0 Å². The Morgan fingerprint density at radius 3 is 2.62 bits per heavy atom. The largest absolute Gasteiger partial charge is 0.461 e. The first kappa shape index (κ1) is 18.5. The average molecular weight is 412 g/mol. The third kappa shape index (κ3) is 3.61. The molecule has 0 aliphatic rings. The summed E-state index contributed by atoms with van der Waals surface area (Å²) >= 11 is 5.74. The molecule has 2 aromatic carbocycles. The van der Waals surface area contributed by atoms with Crippen LogP contribution < -0.4 is 10.2 Å². The topological polar surface area (TPSA) is 113 Å². The third-order valence-electron chi connectivity index (χ3n) is 4.05. The third-order valence-corrected chi connectivity index (χ3v) is 4.37. The van der Waals surface area contributed by atoms with Gasteiger partial charge in [-0.25, -0.2) is 4.79 Å². The Bertz CT molecular complexity index is 1310. The second kappa shape index (κ2) is 7.25. The monoisotopic (exact) mass is 411 g/mol. The minimum Gasteiger partial charge on any atom is -0.461 e. The van der Waals surface area contributed by atoms with Gasteiger partial charge >= 0.3 is 5.97 Å². The van der Waals surface area contributed by atoms with Crippen molar-refractivity contribution in [2.45, 2.75) is 0 Å². The number of hydrogen-bond donors (Lipinski definition) is 0. The highest BCUT2D eigenvalue weighted by molar-refractivity contribution is 6.32. The predicted molar refractivity (Wildman–Crippen MR) is 103 cm³/mol. The smallest absolute Gasteiger partial charge is 0.343 e. The normalized spacial score (nSPS) is 10.8. The molecule has 2 aromatic heterocycles. The minimum atomic E-state index is -0.833. The van der Waals surface area contributed by atoms with Gasteiger partial charge in [0.15, 0.2) is 16.9 Å². The van der Waals surface area contributed by atoms with Gasteiger partial charge in [0.25, 0.3) is 5.69 Å². The number of ether oxygens (including phenoxy) is 1. The molecule has 4 rings (SSSR count). The van der Waals surface area contributed by atoms with Gasteiger partial charge in [-0.1, -0.05) is 11.6 Å². The standard InChI is InChI=1S/C20H10ClNO7/c21-14-5-3-11(8-15(14)22(25)26)20(24)28-12-4-6-17-13(9-12)16(23)10-19(29-17)18-2-1-7-27-18/h1-10H. The Balaban J connectivity index is 1.65. The Kier molecular flexibility index (Phi) is 4.61. The van der Waals surface area contributed by atoms with E-state index < -0.39 is 16.6 Å². The van der Waals surface area contributed by atoms with E-state index in [9.17, 15) is 19.7 Å². The van der Waals surface area contributed by atoms with Crippen LogP contribution in [0.1, 0.15) is 10.4 Å². The summed E-state index contributed by atoms with van der Waals surface area (Å²) in [6.45, 7) is 0. The number of nitrogens with zero attached hydrogens (tertiary/aromatic N) is 1. The van der Waals surface area contributed by atoms with Gasteiger partial charge in [-0.15, -0.1) is 0 Å². The summed E-state index contributed by atoms with van der Waals surface area (Å²) < 4.78 is 16.1. The molecular formula is C20H10ClNO7. The summed E-state index contributed by atoms with van der Waals surface area (Å²) in [6, 6.07) is 12.5. The van der Waals surface area contributed by atoms with Crippen LogP contribution in [0.5, 0.6) is 5.75 Å². The zero-order chi connectivity index (χ0) is 20.5. The summed E-state index contributed by atoms with van der Waals surface area (Å²) in [7, 11) is 0. The second-order valence-corrected chi connectivity index (χ2v) is 6.33. The van der Waals surface area contributed by atoms with Crippen LogP contribution in [0.15, 0.2) is 74.5 Å². The highest BCUT2D eigenvalue weighted by Gasteiger charge is 2.18. The molecular weight excluding hydrogens is 402 g/mol. The number of furan rings is 1. The maximum atomic E-state index is 12.4. The van der Waals surface area contributed by atoms with E-state index in [0.29, 0.717) is 5.76 Å². The SMILES string of the molecule is O=C(Oc1ccc2oc(-c3ccco3)cc(=O)c2c1)c1ccc(Cl)c([N+](=O)[O-])c1. The summed E-state index contributed by atoms with van der Waals surface area (Å²) in [5.74, 6) is -0.0755. The van der Waals surface area contributed by atoms with Crippen molar-refractivity contribution in [2.24, 2.45) is 0 Å². The van der Waals surface area contributed by atoms with Gasteiger partial charge < -0.3 is 13.6 Å². The molecule has 0 unspecified atom stereocenters. The van der Waals surface area contributed by atoms with Crippen LogP contribution in [0.25, 0.3) is 22.5 Å². The number of hydrogen-bond acceptors (Lipinski definition) is 7. The van der Waals surface area contributed by atoms with E-state index in [0.717, 1.165) is 6.07 Å². The van der Waals surface area contributed by atoms with E-state index in [2.05, 4.69) is 0 Å². The molecule has 29 heavy (non-hydrogen) atoms. The van der Waals surface area contributed by atoms with Gasteiger partial charge in [0, 0.05) is 12.1 Å². The lowest BCUT2D eigenvalue weighted by Gasteiger charge is -2.06. The van der Waals surface area contributed by atoms with E-state index in [1.807, 2.05) is 0 Å². The molecule has 9 heteroatoms. The average Bonchev–Trinajstić information content (AvgIpc) is 3.23. The molecule has 4 aromatic rings. The fraction of sp³-hybridized carbons (Fsp3) is 0. The van der Waals surface area contributed by atoms with Crippen LogP contribution in [0, 0.1) is 10.1 Å². The molecule has 0 bridgehead atoms. The van der Waals surface area contributed by atoms with Gasteiger partial charge in [0.2, 0.25) is 0 Å². The highest BCUT2D eigenvalue weighted by Crippen LogP contribution is 2.27. The van der Waals surface area contributed by atoms with Crippen molar-refractivity contribution in [1.29, 1.82) is 0 Å². The first-order chi connectivity index (χ1) is 13.9. The van der Waals surface area contributed by atoms with Crippen LogP contribution >= 0.6 is 11.6 Å². The molecule has 0 radical (unpaired) electrons. The minimum absolute atomic E-state index is 0.0543. The summed E-state index contributed by atoms with van der Waals surface area (Å²) in [4.78, 5) is 35.0. The molecule has 8 nitrogen and oxygen atoms in total. The Hall–Kier alpha value is -3.91. The van der Waals surface area contributed by atoms with Crippen molar-refractivity contribution in [3.63, 3.8) is 0 Å². The first-order valence-corrected chi connectivity index (χ1v) is 8.58. The van der Waals surface area contributed by atoms with E-state index in [4.69, 9.17) is 25.2 Å². The van der Waals surface area contributed by atoms with E-state index >= 15 is 0 Å². The molecule has 0 saturated carbocycles. The van der Waals surface area contributed by atoms with Gasteiger partial charge in [-0.05, 0) is 42.5 Å². The number of benzene rings is 2. The number of carbonyl (C=O) groups is 1. The van der Waals surface area contributed by atoms with Crippen molar-refractivity contribution in [2.75, 3.05) is 0 Å². The van der Waals surface area contributed by atoms with Gasteiger partial charge in [-0.2, -0.15) is 0 Å². The number of nitro benzene ring substituents is 1. The number of fused-ring (bicyclic) bond motifs is 1. The second-order valence-electron chi connectivity index (χ2n) is 5.92. The van der Waals surface area contributed by atoms with Gasteiger partial charge in [-0.3, -0.25) is 14.9 Å². The molecule has 0 amide bonds. The van der Waals surface area contributed by atoms with E-state index in [-0.39, 0.29) is 38.5 Å². The molecule has 0 spiro atoms. The van der Waals surface area contributed by atoms with Crippen molar-refractivity contribution in [3.05, 3.63) is 91.8 Å². The molecule has 0 aliphatic heterocycles. The Morgan fingerprint density at radius 1 is 1.07 bits per heavy atom. The molecule has 0 fully saturated rings. The van der Waals surface area contributed by atoms with E-state index in [1.165, 1.54) is 42.7 Å². The van der Waals surface area contributed by atoms with Crippen LogP contribution in [0.3, 0.4) is 0 Å². The molecule has 0 N–H and O–H groups in total. The molecule has 144 valence electrons. The number of nitro groups is 1. The van der Waals surface area contributed by atoms with Crippen LogP contribution in [0.4, 0.5) is 5.69 Å².